The average molecular weight is 310 g/mol. The Hall–Kier alpha value is -1.56. The van der Waals surface area contributed by atoms with Crippen molar-refractivity contribution in [2.75, 3.05) is 5.43 Å². The number of thiophene rings is 1. The highest BCUT2D eigenvalue weighted by atomic mass is 35.5. The van der Waals surface area contributed by atoms with Gasteiger partial charge in [-0.05, 0) is 44.2 Å². The fourth-order valence-electron chi connectivity index (χ4n) is 1.86. The molecule has 106 valence electrons. The highest BCUT2D eigenvalue weighted by molar-refractivity contribution is 7.12. The number of hydrazine groups is 1. The van der Waals surface area contributed by atoms with Gasteiger partial charge in [-0.1, -0.05) is 11.6 Å². The van der Waals surface area contributed by atoms with Crippen molar-refractivity contribution in [2.24, 2.45) is 5.84 Å². The van der Waals surface area contributed by atoms with Crippen molar-refractivity contribution < 1.29 is 4.79 Å². The molecule has 0 bridgehead atoms. The molecule has 0 fully saturated rings. The first-order chi connectivity index (χ1) is 9.51. The number of nitrogens with one attached hydrogen (secondary N) is 2. The molecule has 6 heteroatoms. The topological polar surface area (TPSA) is 67.2 Å². The molecule has 20 heavy (non-hydrogen) atoms. The van der Waals surface area contributed by atoms with Crippen LogP contribution in [0.4, 0.5) is 5.69 Å². The minimum atomic E-state index is -0.209. The maximum absolute atomic E-state index is 12.3. The largest absolute Gasteiger partial charge is 0.345 e. The van der Waals surface area contributed by atoms with Crippen LogP contribution in [-0.2, 0) is 0 Å². The fraction of sp³-hybridized carbons (Fsp3) is 0.214. The minimum absolute atomic E-state index is 0.0641. The van der Waals surface area contributed by atoms with Crippen molar-refractivity contribution in [2.45, 2.75) is 19.9 Å². The number of hydrogen-bond donors (Lipinski definition) is 3. The van der Waals surface area contributed by atoms with Crippen LogP contribution in [0.15, 0.2) is 30.3 Å². The van der Waals surface area contributed by atoms with Gasteiger partial charge in [0.2, 0.25) is 0 Å². The number of aryl methyl sites for hydroxylation is 1. The van der Waals surface area contributed by atoms with E-state index >= 15 is 0 Å². The van der Waals surface area contributed by atoms with Crippen molar-refractivity contribution in [3.63, 3.8) is 0 Å². The van der Waals surface area contributed by atoms with E-state index in [0.29, 0.717) is 16.3 Å². The second-order valence-electron chi connectivity index (χ2n) is 4.48. The summed E-state index contributed by atoms with van der Waals surface area (Å²) in [6.07, 6.45) is 0. The summed E-state index contributed by atoms with van der Waals surface area (Å²) >= 11 is 7.59. The van der Waals surface area contributed by atoms with E-state index in [2.05, 4.69) is 10.7 Å². The Morgan fingerprint density at radius 2 is 2.10 bits per heavy atom. The van der Waals surface area contributed by atoms with Crippen LogP contribution < -0.4 is 16.6 Å². The Bertz CT molecular complexity index is 627. The minimum Gasteiger partial charge on any atom is -0.345 e. The van der Waals surface area contributed by atoms with Gasteiger partial charge in [0.25, 0.3) is 5.91 Å². The van der Waals surface area contributed by atoms with Crippen molar-refractivity contribution in [1.29, 1.82) is 0 Å². The summed E-state index contributed by atoms with van der Waals surface area (Å²) in [7, 11) is 0. The van der Waals surface area contributed by atoms with Gasteiger partial charge in [-0.3, -0.25) is 10.6 Å². The lowest BCUT2D eigenvalue weighted by Crippen LogP contribution is -2.27. The monoisotopic (exact) mass is 309 g/mol. The zero-order valence-electron chi connectivity index (χ0n) is 11.2. The summed E-state index contributed by atoms with van der Waals surface area (Å²) in [6.45, 7) is 3.99. The number of hydrogen-bond acceptors (Lipinski definition) is 4. The third-order valence-corrected chi connectivity index (χ3v) is 4.34. The van der Waals surface area contributed by atoms with Crippen molar-refractivity contribution in [3.8, 4) is 0 Å². The van der Waals surface area contributed by atoms with E-state index in [9.17, 15) is 4.79 Å². The van der Waals surface area contributed by atoms with E-state index in [1.54, 1.807) is 29.5 Å². The van der Waals surface area contributed by atoms with Crippen molar-refractivity contribution in [1.82, 2.24) is 5.32 Å². The SMILES string of the molecule is Cc1ccc(C(C)NC(=O)c2cc(Cl)ccc2NN)s1. The third kappa shape index (κ3) is 3.30. The summed E-state index contributed by atoms with van der Waals surface area (Å²) < 4.78 is 0. The van der Waals surface area contributed by atoms with Crippen molar-refractivity contribution >= 4 is 34.5 Å². The number of nitrogens with two attached hydrogens (primary N) is 1. The molecule has 1 unspecified atom stereocenters. The normalized spacial score (nSPS) is 12.0. The van der Waals surface area contributed by atoms with E-state index in [1.165, 1.54) is 4.88 Å². The highest BCUT2D eigenvalue weighted by Gasteiger charge is 2.16. The molecular formula is C14H16ClN3OS. The van der Waals surface area contributed by atoms with Gasteiger partial charge in [0, 0.05) is 14.8 Å². The summed E-state index contributed by atoms with van der Waals surface area (Å²) in [5.41, 5.74) is 3.48. The lowest BCUT2D eigenvalue weighted by atomic mass is 10.1. The van der Waals surface area contributed by atoms with E-state index < -0.39 is 0 Å². The van der Waals surface area contributed by atoms with Crippen LogP contribution in [0.2, 0.25) is 5.02 Å². The van der Waals surface area contributed by atoms with Gasteiger partial charge in [-0.25, -0.2) is 0 Å². The first kappa shape index (κ1) is 14.8. The predicted octanol–water partition coefficient (Wildman–Crippen LogP) is 3.49. The molecule has 1 aromatic carbocycles. The van der Waals surface area contributed by atoms with Gasteiger partial charge in [0.05, 0.1) is 17.3 Å². The molecule has 0 aliphatic rings. The number of carbonyl (C=O) groups is 1. The Morgan fingerprint density at radius 1 is 1.35 bits per heavy atom. The van der Waals surface area contributed by atoms with Crippen LogP contribution >= 0.6 is 22.9 Å². The molecule has 4 N–H and O–H groups in total. The number of carbonyl (C=O) groups excluding carboxylic acids is 1. The van der Waals surface area contributed by atoms with Gasteiger partial charge in [0.15, 0.2) is 0 Å². The summed E-state index contributed by atoms with van der Waals surface area (Å²) in [6, 6.07) is 8.95. The van der Waals surface area contributed by atoms with E-state index in [4.69, 9.17) is 17.4 Å². The highest BCUT2D eigenvalue weighted by Crippen LogP contribution is 2.24. The first-order valence-electron chi connectivity index (χ1n) is 6.14. The zero-order valence-corrected chi connectivity index (χ0v) is 12.8. The average Bonchev–Trinajstić information content (AvgIpc) is 2.85. The van der Waals surface area contributed by atoms with E-state index in [1.807, 2.05) is 26.0 Å². The summed E-state index contributed by atoms with van der Waals surface area (Å²) in [5.74, 6) is 5.20. The van der Waals surface area contributed by atoms with Crippen LogP contribution in [0.25, 0.3) is 0 Å². The molecule has 2 aromatic rings. The molecule has 0 saturated carbocycles. The van der Waals surface area contributed by atoms with Crippen LogP contribution in [0.1, 0.15) is 33.1 Å². The van der Waals surface area contributed by atoms with Gasteiger partial charge in [-0.15, -0.1) is 11.3 Å². The molecule has 0 spiro atoms. The second kappa shape index (κ2) is 6.26. The lowest BCUT2D eigenvalue weighted by Gasteiger charge is -2.14. The molecule has 4 nitrogen and oxygen atoms in total. The summed E-state index contributed by atoms with van der Waals surface area (Å²) in [4.78, 5) is 14.6. The quantitative estimate of drug-likeness (QED) is 0.598. The molecule has 0 aliphatic carbocycles. The van der Waals surface area contributed by atoms with Gasteiger partial charge >= 0.3 is 0 Å². The number of benzene rings is 1. The molecule has 1 heterocycles. The van der Waals surface area contributed by atoms with Crippen LogP contribution in [0.5, 0.6) is 0 Å². The van der Waals surface area contributed by atoms with Gasteiger partial charge in [-0.2, -0.15) is 0 Å². The van der Waals surface area contributed by atoms with Crippen LogP contribution in [-0.4, -0.2) is 5.91 Å². The van der Waals surface area contributed by atoms with Gasteiger partial charge < -0.3 is 10.7 Å². The maximum atomic E-state index is 12.3. The Balaban J connectivity index is 2.18. The van der Waals surface area contributed by atoms with E-state index in [0.717, 1.165) is 4.88 Å². The number of nitrogen functional groups attached to an aromatic ring is 1. The molecular weight excluding hydrogens is 294 g/mol. The Morgan fingerprint density at radius 3 is 2.70 bits per heavy atom. The van der Waals surface area contributed by atoms with Crippen LogP contribution in [0, 0.1) is 6.92 Å². The standard InChI is InChI=1S/C14H16ClN3OS/c1-8-3-6-13(20-8)9(2)17-14(19)11-7-10(15)4-5-12(11)18-16/h3-7,9,18H,16H2,1-2H3,(H,17,19). The smallest absolute Gasteiger partial charge is 0.253 e. The van der Waals surface area contributed by atoms with Gasteiger partial charge in [0.1, 0.15) is 0 Å². The summed E-state index contributed by atoms with van der Waals surface area (Å²) in [5, 5.41) is 3.44. The number of halogens is 1. The number of amides is 1. The lowest BCUT2D eigenvalue weighted by molar-refractivity contribution is 0.0941. The van der Waals surface area contributed by atoms with Crippen LogP contribution in [0.3, 0.4) is 0 Å². The molecule has 1 atom stereocenters. The molecule has 1 amide bonds. The number of rotatable bonds is 4. The Kier molecular flexibility index (Phi) is 4.65. The Labute approximate surface area is 126 Å². The molecule has 1 aromatic heterocycles. The van der Waals surface area contributed by atoms with E-state index in [-0.39, 0.29) is 11.9 Å². The molecule has 0 saturated heterocycles. The maximum Gasteiger partial charge on any atom is 0.253 e. The predicted molar refractivity (Wildman–Crippen MR) is 84.2 cm³/mol. The molecule has 0 aliphatic heterocycles. The molecule has 0 radical (unpaired) electrons. The second-order valence-corrected chi connectivity index (χ2v) is 6.23. The number of anilines is 1. The third-order valence-electron chi connectivity index (χ3n) is 2.92. The van der Waals surface area contributed by atoms with Crippen molar-refractivity contribution in [3.05, 3.63) is 50.7 Å². The fourth-order valence-corrected chi connectivity index (χ4v) is 2.91. The zero-order chi connectivity index (χ0) is 14.7. The first-order valence-corrected chi connectivity index (χ1v) is 7.34. The molecule has 2 rings (SSSR count).